The van der Waals surface area contributed by atoms with Crippen LogP contribution in [-0.2, 0) is 10.8 Å². The standard InChI is InChI=1S/C62H38/c1-2-18-40-37-41(34-33-39(40)17-1)59-47-23-3-5-25-49(47)60(50-26-6-4-24-48(50)59)42-35-36-57-58(38-42)62(53-29-13-9-21-45(53)46-22-10-14-30-54(46)62)56-32-16-15-31-55(56)61(57)51-27-11-7-19-43(51)44-20-8-12-28-52(44)61/h1-38H. The van der Waals surface area contributed by atoms with E-state index in [9.17, 15) is 0 Å². The van der Waals surface area contributed by atoms with Gasteiger partial charge >= 0.3 is 0 Å². The topological polar surface area (TPSA) is 0 Å². The average Bonchev–Trinajstić information content (AvgIpc) is 3.81. The van der Waals surface area contributed by atoms with Crippen molar-refractivity contribution < 1.29 is 0 Å². The summed E-state index contributed by atoms with van der Waals surface area (Å²) in [5.41, 5.74) is 20.1. The van der Waals surface area contributed by atoms with Gasteiger partial charge in [-0.1, -0.05) is 218 Å². The highest BCUT2D eigenvalue weighted by molar-refractivity contribution is 6.22. The molecule has 0 heteroatoms. The van der Waals surface area contributed by atoms with Crippen LogP contribution in [0.3, 0.4) is 0 Å². The first kappa shape index (κ1) is 34.0. The summed E-state index contributed by atoms with van der Waals surface area (Å²) in [5, 5.41) is 7.56. The van der Waals surface area contributed by atoms with E-state index in [0.717, 1.165) is 0 Å². The van der Waals surface area contributed by atoms with E-state index in [0.29, 0.717) is 0 Å². The monoisotopic (exact) mass is 782 g/mol. The van der Waals surface area contributed by atoms with Crippen LogP contribution in [0.5, 0.6) is 0 Å². The van der Waals surface area contributed by atoms with Gasteiger partial charge in [0.15, 0.2) is 0 Å². The van der Waals surface area contributed by atoms with Gasteiger partial charge in [0.25, 0.3) is 0 Å². The van der Waals surface area contributed by atoms with Crippen molar-refractivity contribution in [1.82, 2.24) is 0 Å². The third-order valence-electron chi connectivity index (χ3n) is 14.7. The Balaban J connectivity index is 1.15. The van der Waals surface area contributed by atoms with Gasteiger partial charge in [0.05, 0.1) is 10.8 Å². The fourth-order valence-electron chi connectivity index (χ4n) is 12.5. The van der Waals surface area contributed by atoms with Crippen molar-refractivity contribution in [2.45, 2.75) is 10.8 Å². The molecule has 0 saturated carbocycles. The number of fused-ring (bicyclic) bond motifs is 19. The third kappa shape index (κ3) is 4.12. The van der Waals surface area contributed by atoms with Crippen molar-refractivity contribution in [3.8, 4) is 44.5 Å². The molecule has 62 heavy (non-hydrogen) atoms. The molecule has 0 saturated heterocycles. The molecule has 2 spiro atoms. The zero-order valence-corrected chi connectivity index (χ0v) is 33.9. The molecule has 3 aliphatic carbocycles. The molecule has 0 N–H and O–H groups in total. The Morgan fingerprint density at radius 3 is 1.00 bits per heavy atom. The van der Waals surface area contributed by atoms with E-state index in [2.05, 4.69) is 231 Å². The zero-order valence-electron chi connectivity index (χ0n) is 33.9. The highest BCUT2D eigenvalue weighted by atomic mass is 14.6. The van der Waals surface area contributed by atoms with Crippen LogP contribution in [0.2, 0.25) is 0 Å². The maximum atomic E-state index is 2.61. The molecule has 11 aromatic rings. The van der Waals surface area contributed by atoms with E-state index < -0.39 is 10.8 Å². The van der Waals surface area contributed by atoms with Crippen molar-refractivity contribution in [3.63, 3.8) is 0 Å². The van der Waals surface area contributed by atoms with Gasteiger partial charge in [0.2, 0.25) is 0 Å². The Morgan fingerprint density at radius 2 is 0.532 bits per heavy atom. The minimum Gasteiger partial charge on any atom is -0.0619 e. The first-order chi connectivity index (χ1) is 30.8. The molecule has 286 valence electrons. The molecule has 0 fully saturated rings. The molecule has 0 radical (unpaired) electrons. The van der Waals surface area contributed by atoms with Gasteiger partial charge in [-0.2, -0.15) is 0 Å². The van der Waals surface area contributed by atoms with Gasteiger partial charge in [0, 0.05) is 0 Å². The van der Waals surface area contributed by atoms with Crippen molar-refractivity contribution in [1.29, 1.82) is 0 Å². The fourth-order valence-corrected chi connectivity index (χ4v) is 12.5. The maximum absolute atomic E-state index is 2.61. The lowest BCUT2D eigenvalue weighted by Gasteiger charge is -2.49. The normalized spacial score (nSPS) is 14.4. The lowest BCUT2D eigenvalue weighted by atomic mass is 9.52. The van der Waals surface area contributed by atoms with Gasteiger partial charge in [-0.3, -0.25) is 0 Å². The van der Waals surface area contributed by atoms with Gasteiger partial charge < -0.3 is 0 Å². The lowest BCUT2D eigenvalue weighted by molar-refractivity contribution is 0.633. The van der Waals surface area contributed by atoms with Crippen LogP contribution >= 0.6 is 0 Å². The second-order valence-corrected chi connectivity index (χ2v) is 17.4. The molecule has 0 unspecified atom stereocenters. The van der Waals surface area contributed by atoms with Crippen LogP contribution in [0.15, 0.2) is 231 Å². The summed E-state index contributed by atoms with van der Waals surface area (Å²) in [5.74, 6) is 0. The third-order valence-corrected chi connectivity index (χ3v) is 14.7. The van der Waals surface area contributed by atoms with Crippen molar-refractivity contribution in [3.05, 3.63) is 275 Å². The Bertz CT molecular complexity index is 3560. The second-order valence-electron chi connectivity index (χ2n) is 17.4. The molecule has 11 aromatic carbocycles. The SMILES string of the molecule is c1ccc2c(c1)-c1ccccc1C21c2ccccc2C2(c3ccccc3-c3ccccc32)c2cc(-c3c4ccccc4c(-c4ccc5ccccc5c4)c4ccccc34)ccc21. The van der Waals surface area contributed by atoms with Crippen LogP contribution in [0.25, 0.3) is 76.8 Å². The minimum absolute atomic E-state index is 0.514. The second kappa shape index (κ2) is 12.4. The molecular formula is C62H38. The van der Waals surface area contributed by atoms with Crippen LogP contribution in [0.1, 0.15) is 44.5 Å². The van der Waals surface area contributed by atoms with Crippen molar-refractivity contribution in [2.75, 3.05) is 0 Å². The van der Waals surface area contributed by atoms with Crippen LogP contribution in [-0.4, -0.2) is 0 Å². The highest BCUT2D eigenvalue weighted by Crippen LogP contribution is 2.67. The highest BCUT2D eigenvalue weighted by Gasteiger charge is 2.59. The fraction of sp³-hybridized carbons (Fsp3) is 0.0323. The summed E-state index contributed by atoms with van der Waals surface area (Å²) in [6, 6.07) is 87.5. The van der Waals surface area contributed by atoms with E-state index in [1.54, 1.807) is 0 Å². The van der Waals surface area contributed by atoms with Crippen LogP contribution < -0.4 is 0 Å². The summed E-state index contributed by atoms with van der Waals surface area (Å²) >= 11 is 0. The van der Waals surface area contributed by atoms with Gasteiger partial charge in [-0.05, 0) is 133 Å². The summed E-state index contributed by atoms with van der Waals surface area (Å²) < 4.78 is 0. The minimum atomic E-state index is -0.552. The molecule has 0 bridgehead atoms. The summed E-state index contributed by atoms with van der Waals surface area (Å²) in [6.07, 6.45) is 0. The van der Waals surface area contributed by atoms with E-state index in [-0.39, 0.29) is 0 Å². The Kier molecular flexibility index (Phi) is 6.78. The largest absolute Gasteiger partial charge is 0.0720 e. The zero-order chi connectivity index (χ0) is 40.6. The molecule has 0 amide bonds. The van der Waals surface area contributed by atoms with E-state index in [1.165, 1.54) is 121 Å². The van der Waals surface area contributed by atoms with Gasteiger partial charge in [-0.25, -0.2) is 0 Å². The Labute approximate surface area is 361 Å². The smallest absolute Gasteiger partial charge is 0.0619 e. The van der Waals surface area contributed by atoms with Gasteiger partial charge in [0.1, 0.15) is 0 Å². The van der Waals surface area contributed by atoms with Gasteiger partial charge in [-0.15, -0.1) is 0 Å². The van der Waals surface area contributed by atoms with Crippen molar-refractivity contribution in [2.24, 2.45) is 0 Å². The average molecular weight is 783 g/mol. The van der Waals surface area contributed by atoms with Crippen LogP contribution in [0, 0.1) is 0 Å². The number of rotatable bonds is 2. The molecule has 0 aromatic heterocycles. The molecule has 3 aliphatic rings. The maximum Gasteiger partial charge on any atom is 0.0720 e. The lowest BCUT2D eigenvalue weighted by Crippen LogP contribution is -2.43. The Morgan fingerprint density at radius 1 is 0.210 bits per heavy atom. The number of benzene rings is 11. The molecule has 0 nitrogen and oxygen atoms in total. The summed E-state index contributed by atoms with van der Waals surface area (Å²) in [4.78, 5) is 0. The molecule has 0 aliphatic heterocycles. The van der Waals surface area contributed by atoms with E-state index >= 15 is 0 Å². The number of hydrogen-bond donors (Lipinski definition) is 0. The van der Waals surface area contributed by atoms with Crippen molar-refractivity contribution >= 4 is 32.3 Å². The predicted molar refractivity (Wildman–Crippen MR) is 258 cm³/mol. The van der Waals surface area contributed by atoms with Crippen LogP contribution in [0.4, 0.5) is 0 Å². The van der Waals surface area contributed by atoms with E-state index in [4.69, 9.17) is 0 Å². The molecule has 0 atom stereocenters. The first-order valence-electron chi connectivity index (χ1n) is 21.8. The number of hydrogen-bond acceptors (Lipinski definition) is 0. The summed E-state index contributed by atoms with van der Waals surface area (Å²) in [7, 11) is 0. The molecule has 14 rings (SSSR count). The molecule has 0 heterocycles. The van der Waals surface area contributed by atoms with E-state index in [1.807, 2.05) is 0 Å². The Hall–Kier alpha value is -7.80. The predicted octanol–water partition coefficient (Wildman–Crippen LogP) is 15.5. The molecular weight excluding hydrogens is 745 g/mol. The first-order valence-corrected chi connectivity index (χ1v) is 21.8. The quantitative estimate of drug-likeness (QED) is 0.153. The summed E-state index contributed by atoms with van der Waals surface area (Å²) in [6.45, 7) is 0.